The molecule has 4 heteroatoms. The number of carbonyl (C=O) groups is 2. The highest BCUT2D eigenvalue weighted by Gasteiger charge is 2.29. The molecule has 0 unspecified atom stereocenters. The van der Waals surface area contributed by atoms with E-state index in [-0.39, 0.29) is 11.7 Å². The summed E-state index contributed by atoms with van der Waals surface area (Å²) in [5.41, 5.74) is 1.01. The van der Waals surface area contributed by atoms with Gasteiger partial charge in [0, 0.05) is 11.3 Å². The third kappa shape index (κ3) is 1.92. The molecule has 0 saturated carbocycles. The zero-order valence-corrected chi connectivity index (χ0v) is 9.70. The molecule has 1 aliphatic heterocycles. The number of hydrogen-bond acceptors (Lipinski definition) is 3. The van der Waals surface area contributed by atoms with E-state index in [0.717, 1.165) is 11.3 Å². The first-order valence-corrected chi connectivity index (χ1v) is 5.33. The number of rotatable bonds is 2. The number of Topliss-reactive ketones (excluding diaryl/α,β-unsaturated/α-hetero) is 1. The second kappa shape index (κ2) is 3.70. The van der Waals surface area contributed by atoms with Gasteiger partial charge in [-0.15, -0.1) is 0 Å². The summed E-state index contributed by atoms with van der Waals surface area (Å²) in [5, 5.41) is 11.6. The van der Waals surface area contributed by atoms with Crippen LogP contribution in [0.2, 0.25) is 0 Å². The fourth-order valence-electron chi connectivity index (χ4n) is 1.78. The summed E-state index contributed by atoms with van der Waals surface area (Å²) >= 11 is 0. The lowest BCUT2D eigenvalue weighted by Gasteiger charge is -2.14. The molecule has 17 heavy (non-hydrogen) atoms. The summed E-state index contributed by atoms with van der Waals surface area (Å²) in [6, 6.07) is 7.03. The number of ketones is 1. The molecule has 0 bridgehead atoms. The van der Waals surface area contributed by atoms with Crippen molar-refractivity contribution in [3.05, 3.63) is 29.3 Å². The third-order valence-electron chi connectivity index (χ3n) is 2.84. The van der Waals surface area contributed by atoms with Crippen LogP contribution in [0.25, 0.3) is 0 Å². The Balaban J connectivity index is 2.38. The van der Waals surface area contributed by atoms with Crippen LogP contribution in [0, 0.1) is 16.7 Å². The largest absolute Gasteiger partial charge is 0.326 e. The van der Waals surface area contributed by atoms with Crippen LogP contribution >= 0.6 is 0 Å². The van der Waals surface area contributed by atoms with Crippen molar-refractivity contribution in [2.45, 2.75) is 20.3 Å². The van der Waals surface area contributed by atoms with Crippen molar-refractivity contribution in [3.8, 4) is 6.07 Å². The smallest absolute Gasteiger partial charge is 0.228 e. The van der Waals surface area contributed by atoms with Gasteiger partial charge in [-0.2, -0.15) is 5.26 Å². The maximum atomic E-state index is 12.1. The molecule has 0 fully saturated rings. The summed E-state index contributed by atoms with van der Waals surface area (Å²) in [4.78, 5) is 23.2. The summed E-state index contributed by atoms with van der Waals surface area (Å²) in [6.45, 7) is 3.18. The number of nitrogens with zero attached hydrogens (tertiary/aromatic N) is 1. The summed E-state index contributed by atoms with van der Waals surface area (Å²) < 4.78 is 0. The predicted molar refractivity (Wildman–Crippen MR) is 62.5 cm³/mol. The van der Waals surface area contributed by atoms with Gasteiger partial charge in [-0.25, -0.2) is 0 Å². The van der Waals surface area contributed by atoms with Crippen molar-refractivity contribution in [3.63, 3.8) is 0 Å². The molecule has 1 aromatic carbocycles. The minimum absolute atomic E-state index is 0.0656. The maximum Gasteiger partial charge on any atom is 0.228 e. The van der Waals surface area contributed by atoms with Gasteiger partial charge in [0.2, 0.25) is 5.91 Å². The first-order chi connectivity index (χ1) is 7.94. The van der Waals surface area contributed by atoms with Crippen molar-refractivity contribution in [2.75, 3.05) is 5.32 Å². The molecule has 86 valence electrons. The fraction of sp³-hybridized carbons (Fsp3) is 0.308. The number of anilines is 1. The Hall–Kier alpha value is -2.15. The number of nitrogens with one attached hydrogen (secondary N) is 1. The SMILES string of the molecule is CC(C)(C#N)C(=O)c1ccc2c(c1)CC(=O)N2. The normalized spacial score (nSPS) is 13.8. The Morgan fingerprint density at radius 1 is 1.47 bits per heavy atom. The lowest BCUT2D eigenvalue weighted by molar-refractivity contribution is -0.115. The standard InChI is InChI=1S/C13H12N2O2/c1-13(2,7-14)12(17)8-3-4-10-9(5-8)6-11(16)15-10/h3-5H,6H2,1-2H3,(H,15,16). The maximum absolute atomic E-state index is 12.1. The first kappa shape index (κ1) is 11.3. The fourth-order valence-corrected chi connectivity index (χ4v) is 1.78. The molecule has 2 rings (SSSR count). The van der Waals surface area contributed by atoms with E-state index < -0.39 is 5.41 Å². The van der Waals surface area contributed by atoms with Crippen molar-refractivity contribution in [1.29, 1.82) is 5.26 Å². The quantitative estimate of drug-likeness (QED) is 0.786. The lowest BCUT2D eigenvalue weighted by Crippen LogP contribution is -2.22. The van der Waals surface area contributed by atoms with Crippen molar-refractivity contribution in [1.82, 2.24) is 0 Å². The third-order valence-corrected chi connectivity index (χ3v) is 2.84. The van der Waals surface area contributed by atoms with E-state index in [9.17, 15) is 9.59 Å². The minimum Gasteiger partial charge on any atom is -0.326 e. The van der Waals surface area contributed by atoms with Gasteiger partial charge in [-0.1, -0.05) is 0 Å². The molecule has 0 aliphatic carbocycles. The molecule has 4 nitrogen and oxygen atoms in total. The zero-order valence-electron chi connectivity index (χ0n) is 9.70. The second-order valence-electron chi connectivity index (χ2n) is 4.66. The second-order valence-corrected chi connectivity index (χ2v) is 4.66. The van der Waals surface area contributed by atoms with E-state index >= 15 is 0 Å². The summed E-state index contributed by atoms with van der Waals surface area (Å²) in [5.74, 6) is -0.286. The van der Waals surface area contributed by atoms with E-state index in [1.54, 1.807) is 32.0 Å². The van der Waals surface area contributed by atoms with Crippen molar-refractivity contribution < 1.29 is 9.59 Å². The number of amides is 1. The molecule has 1 amide bonds. The molecular formula is C13H12N2O2. The van der Waals surface area contributed by atoms with E-state index in [0.29, 0.717) is 12.0 Å². The Morgan fingerprint density at radius 3 is 2.82 bits per heavy atom. The number of carbonyl (C=O) groups excluding carboxylic acids is 2. The molecule has 1 N–H and O–H groups in total. The Morgan fingerprint density at radius 2 is 2.18 bits per heavy atom. The van der Waals surface area contributed by atoms with Crippen molar-refractivity contribution in [2.24, 2.45) is 5.41 Å². The van der Waals surface area contributed by atoms with Crippen LogP contribution in [0.4, 0.5) is 5.69 Å². The van der Waals surface area contributed by atoms with Gasteiger partial charge in [-0.05, 0) is 37.6 Å². The first-order valence-electron chi connectivity index (χ1n) is 5.33. The number of nitriles is 1. The van der Waals surface area contributed by atoms with Gasteiger partial charge in [0.1, 0.15) is 5.41 Å². The average molecular weight is 228 g/mol. The Kier molecular flexibility index (Phi) is 2.47. The highest BCUT2D eigenvalue weighted by Crippen LogP contribution is 2.27. The Labute approximate surface area is 99.2 Å². The van der Waals surface area contributed by atoms with Crippen LogP contribution in [0.15, 0.2) is 18.2 Å². The van der Waals surface area contributed by atoms with Crippen molar-refractivity contribution >= 4 is 17.4 Å². The van der Waals surface area contributed by atoms with Crippen LogP contribution in [0.1, 0.15) is 29.8 Å². The molecular weight excluding hydrogens is 216 g/mol. The van der Waals surface area contributed by atoms with E-state index in [4.69, 9.17) is 5.26 Å². The number of benzene rings is 1. The van der Waals surface area contributed by atoms with Gasteiger partial charge < -0.3 is 5.32 Å². The van der Waals surface area contributed by atoms with Gasteiger partial charge in [0.15, 0.2) is 5.78 Å². The minimum atomic E-state index is -1.04. The van der Waals surface area contributed by atoms with Crippen LogP contribution in [-0.4, -0.2) is 11.7 Å². The monoisotopic (exact) mass is 228 g/mol. The predicted octanol–water partition coefficient (Wildman–Crippen LogP) is 1.91. The van der Waals surface area contributed by atoms with E-state index in [1.165, 1.54) is 0 Å². The van der Waals surface area contributed by atoms with Crippen LogP contribution < -0.4 is 5.32 Å². The van der Waals surface area contributed by atoms with E-state index in [2.05, 4.69) is 5.32 Å². The molecule has 1 aromatic rings. The highest BCUT2D eigenvalue weighted by atomic mass is 16.1. The van der Waals surface area contributed by atoms with Gasteiger partial charge >= 0.3 is 0 Å². The topological polar surface area (TPSA) is 70.0 Å². The van der Waals surface area contributed by atoms with Gasteiger partial charge in [-0.3, -0.25) is 9.59 Å². The zero-order chi connectivity index (χ0) is 12.6. The van der Waals surface area contributed by atoms with Crippen LogP contribution in [-0.2, 0) is 11.2 Å². The van der Waals surface area contributed by atoms with Gasteiger partial charge in [0.25, 0.3) is 0 Å². The highest BCUT2D eigenvalue weighted by molar-refractivity contribution is 6.04. The Bertz CT molecular complexity index is 553. The van der Waals surface area contributed by atoms with Crippen LogP contribution in [0.3, 0.4) is 0 Å². The summed E-state index contributed by atoms with van der Waals surface area (Å²) in [6.07, 6.45) is 0.295. The van der Waals surface area contributed by atoms with Gasteiger partial charge in [0.05, 0.1) is 12.5 Å². The molecule has 0 atom stereocenters. The molecule has 0 spiro atoms. The number of fused-ring (bicyclic) bond motifs is 1. The lowest BCUT2D eigenvalue weighted by atomic mass is 9.85. The van der Waals surface area contributed by atoms with E-state index in [1.807, 2.05) is 6.07 Å². The molecule has 0 saturated heterocycles. The summed E-state index contributed by atoms with van der Waals surface area (Å²) in [7, 11) is 0. The number of hydrogen-bond donors (Lipinski definition) is 1. The molecule has 0 aromatic heterocycles. The molecule has 1 heterocycles. The van der Waals surface area contributed by atoms with Crippen LogP contribution in [0.5, 0.6) is 0 Å². The average Bonchev–Trinajstić information content (AvgIpc) is 2.66. The molecule has 1 aliphatic rings. The molecule has 0 radical (unpaired) electrons.